The van der Waals surface area contributed by atoms with Crippen LogP contribution in [0, 0.1) is 0 Å². The van der Waals surface area contributed by atoms with E-state index in [9.17, 15) is 9.59 Å². The van der Waals surface area contributed by atoms with Gasteiger partial charge in [-0.05, 0) is 20.3 Å². The Bertz CT molecular complexity index is 189. The summed E-state index contributed by atoms with van der Waals surface area (Å²) in [5, 5.41) is 3.05. The fourth-order valence-corrected chi connectivity index (χ4v) is 1.24. The van der Waals surface area contributed by atoms with Crippen LogP contribution in [0.2, 0.25) is 0 Å². The Hall–Kier alpha value is -0.700. The minimum Gasteiger partial charge on any atom is -0.300 e. The average molecular weight is 155 g/mol. The SMILES string of the molecule is CC(=O)CCC1NC(C)C1=O. The maximum atomic E-state index is 11.0. The zero-order valence-corrected chi connectivity index (χ0v) is 6.89. The first-order valence-electron chi connectivity index (χ1n) is 3.90. The molecule has 1 saturated heterocycles. The first kappa shape index (κ1) is 8.40. The lowest BCUT2D eigenvalue weighted by Gasteiger charge is -2.32. The second kappa shape index (κ2) is 3.13. The second-order valence-corrected chi connectivity index (χ2v) is 3.08. The molecule has 1 heterocycles. The van der Waals surface area contributed by atoms with Crippen LogP contribution in [0.3, 0.4) is 0 Å². The standard InChI is InChI=1S/C8H13NO2/c1-5(10)3-4-7-8(11)6(2)9-7/h6-7,9H,3-4H2,1-2H3. The first-order valence-corrected chi connectivity index (χ1v) is 3.90. The Morgan fingerprint density at radius 2 is 2.27 bits per heavy atom. The summed E-state index contributed by atoms with van der Waals surface area (Å²) in [4.78, 5) is 21.5. The highest BCUT2D eigenvalue weighted by Crippen LogP contribution is 2.11. The van der Waals surface area contributed by atoms with Gasteiger partial charge in [0.2, 0.25) is 0 Å². The van der Waals surface area contributed by atoms with Gasteiger partial charge in [0.05, 0.1) is 12.1 Å². The molecule has 0 aromatic rings. The molecule has 62 valence electrons. The molecule has 0 saturated carbocycles. The average Bonchev–Trinajstić information content (AvgIpc) is 1.96. The van der Waals surface area contributed by atoms with Crippen LogP contribution in [-0.2, 0) is 9.59 Å². The van der Waals surface area contributed by atoms with Crippen LogP contribution in [0.15, 0.2) is 0 Å². The third kappa shape index (κ3) is 1.87. The van der Waals surface area contributed by atoms with Crippen molar-refractivity contribution in [2.45, 2.75) is 38.8 Å². The van der Waals surface area contributed by atoms with E-state index in [4.69, 9.17) is 0 Å². The fraction of sp³-hybridized carbons (Fsp3) is 0.750. The van der Waals surface area contributed by atoms with Gasteiger partial charge in [0.1, 0.15) is 5.78 Å². The molecule has 11 heavy (non-hydrogen) atoms. The molecule has 1 aliphatic heterocycles. The van der Waals surface area contributed by atoms with Crippen LogP contribution < -0.4 is 5.32 Å². The number of carbonyl (C=O) groups is 2. The summed E-state index contributed by atoms with van der Waals surface area (Å²) in [6.45, 7) is 3.39. The Morgan fingerprint density at radius 3 is 2.64 bits per heavy atom. The molecule has 3 nitrogen and oxygen atoms in total. The monoisotopic (exact) mass is 155 g/mol. The Labute approximate surface area is 66.2 Å². The van der Waals surface area contributed by atoms with E-state index in [1.165, 1.54) is 0 Å². The highest BCUT2D eigenvalue weighted by atomic mass is 16.1. The lowest BCUT2D eigenvalue weighted by atomic mass is 9.92. The van der Waals surface area contributed by atoms with Gasteiger partial charge in [-0.3, -0.25) is 10.1 Å². The molecular formula is C8H13NO2. The zero-order valence-electron chi connectivity index (χ0n) is 6.89. The molecular weight excluding hydrogens is 142 g/mol. The summed E-state index contributed by atoms with van der Waals surface area (Å²) in [5.41, 5.74) is 0. The summed E-state index contributed by atoms with van der Waals surface area (Å²) < 4.78 is 0. The van der Waals surface area contributed by atoms with Gasteiger partial charge in [0.25, 0.3) is 0 Å². The van der Waals surface area contributed by atoms with Gasteiger partial charge in [0, 0.05) is 6.42 Å². The zero-order chi connectivity index (χ0) is 8.43. The van der Waals surface area contributed by atoms with E-state index in [1.54, 1.807) is 6.92 Å². The Balaban J connectivity index is 2.20. The van der Waals surface area contributed by atoms with E-state index in [0.29, 0.717) is 12.8 Å². The van der Waals surface area contributed by atoms with Crippen molar-refractivity contribution in [1.82, 2.24) is 5.32 Å². The van der Waals surface area contributed by atoms with Gasteiger partial charge in [-0.15, -0.1) is 0 Å². The van der Waals surface area contributed by atoms with Crippen molar-refractivity contribution in [3.63, 3.8) is 0 Å². The summed E-state index contributed by atoms with van der Waals surface area (Å²) >= 11 is 0. The fourth-order valence-electron chi connectivity index (χ4n) is 1.24. The summed E-state index contributed by atoms with van der Waals surface area (Å²) in [6.07, 6.45) is 1.18. The molecule has 2 unspecified atom stereocenters. The van der Waals surface area contributed by atoms with Crippen LogP contribution in [0.1, 0.15) is 26.7 Å². The maximum Gasteiger partial charge on any atom is 0.166 e. The van der Waals surface area contributed by atoms with Crippen molar-refractivity contribution in [2.24, 2.45) is 0 Å². The topological polar surface area (TPSA) is 46.2 Å². The van der Waals surface area contributed by atoms with Crippen molar-refractivity contribution in [2.75, 3.05) is 0 Å². The number of carbonyl (C=O) groups excluding carboxylic acids is 2. The second-order valence-electron chi connectivity index (χ2n) is 3.08. The van der Waals surface area contributed by atoms with Crippen LogP contribution in [0.5, 0.6) is 0 Å². The van der Waals surface area contributed by atoms with Gasteiger partial charge in [-0.2, -0.15) is 0 Å². The lowest BCUT2D eigenvalue weighted by molar-refractivity contribution is -0.130. The molecule has 1 N–H and O–H groups in total. The van der Waals surface area contributed by atoms with E-state index < -0.39 is 0 Å². The quantitative estimate of drug-likeness (QED) is 0.637. The third-order valence-corrected chi connectivity index (χ3v) is 2.01. The van der Waals surface area contributed by atoms with E-state index in [0.717, 1.165) is 0 Å². The Morgan fingerprint density at radius 1 is 1.64 bits per heavy atom. The Kier molecular flexibility index (Phi) is 2.39. The molecule has 1 fully saturated rings. The van der Waals surface area contributed by atoms with Crippen molar-refractivity contribution >= 4 is 11.6 Å². The maximum absolute atomic E-state index is 11.0. The van der Waals surface area contributed by atoms with Crippen molar-refractivity contribution in [1.29, 1.82) is 0 Å². The van der Waals surface area contributed by atoms with Gasteiger partial charge in [-0.1, -0.05) is 0 Å². The number of hydrogen-bond acceptors (Lipinski definition) is 3. The number of Topliss-reactive ketones (excluding diaryl/α,β-unsaturated/α-hetero) is 2. The molecule has 0 spiro atoms. The molecule has 0 radical (unpaired) electrons. The van der Waals surface area contributed by atoms with Crippen LogP contribution in [0.25, 0.3) is 0 Å². The summed E-state index contributed by atoms with van der Waals surface area (Å²) in [5.74, 6) is 0.394. The van der Waals surface area contributed by atoms with Gasteiger partial charge < -0.3 is 4.79 Å². The molecule has 0 amide bonds. The number of nitrogens with one attached hydrogen (secondary N) is 1. The van der Waals surface area contributed by atoms with Crippen LogP contribution in [0.4, 0.5) is 0 Å². The van der Waals surface area contributed by atoms with E-state index in [-0.39, 0.29) is 23.7 Å². The first-order chi connectivity index (χ1) is 5.11. The molecule has 1 rings (SSSR count). The summed E-state index contributed by atoms with van der Waals surface area (Å²) in [6, 6.07) is -0.0409. The number of hydrogen-bond donors (Lipinski definition) is 1. The largest absolute Gasteiger partial charge is 0.300 e. The molecule has 3 heteroatoms. The smallest absolute Gasteiger partial charge is 0.166 e. The van der Waals surface area contributed by atoms with Gasteiger partial charge in [-0.25, -0.2) is 0 Å². The van der Waals surface area contributed by atoms with E-state index in [2.05, 4.69) is 5.32 Å². The molecule has 2 atom stereocenters. The van der Waals surface area contributed by atoms with Gasteiger partial charge >= 0.3 is 0 Å². The van der Waals surface area contributed by atoms with Crippen LogP contribution >= 0.6 is 0 Å². The number of rotatable bonds is 3. The molecule has 0 aliphatic carbocycles. The highest BCUT2D eigenvalue weighted by molar-refractivity contribution is 5.94. The third-order valence-electron chi connectivity index (χ3n) is 2.01. The minimum absolute atomic E-state index is 0.00644. The van der Waals surface area contributed by atoms with E-state index in [1.807, 2.05) is 6.92 Å². The predicted octanol–water partition coefficient (Wildman–Crippen LogP) is 0.285. The normalized spacial score (nSPS) is 29.8. The highest BCUT2D eigenvalue weighted by Gasteiger charge is 2.34. The van der Waals surface area contributed by atoms with E-state index >= 15 is 0 Å². The molecule has 0 bridgehead atoms. The molecule has 0 aromatic heterocycles. The summed E-state index contributed by atoms with van der Waals surface area (Å²) in [7, 11) is 0. The minimum atomic E-state index is -0.0473. The number of ketones is 2. The molecule has 0 aromatic carbocycles. The van der Waals surface area contributed by atoms with Crippen molar-refractivity contribution < 1.29 is 9.59 Å². The predicted molar refractivity (Wildman–Crippen MR) is 41.3 cm³/mol. The van der Waals surface area contributed by atoms with Gasteiger partial charge in [0.15, 0.2) is 5.78 Å². The molecule has 1 aliphatic rings. The lowest BCUT2D eigenvalue weighted by Crippen LogP contribution is -2.60. The van der Waals surface area contributed by atoms with Crippen molar-refractivity contribution in [3.05, 3.63) is 0 Å². The van der Waals surface area contributed by atoms with Crippen molar-refractivity contribution in [3.8, 4) is 0 Å². The van der Waals surface area contributed by atoms with Crippen LogP contribution in [-0.4, -0.2) is 23.7 Å².